The number of carboxylic acids is 2. The van der Waals surface area contributed by atoms with Crippen LogP contribution in [0.25, 0.3) is 0 Å². The number of unbranched alkanes of at least 4 members (excludes halogenated alkanes) is 18. The molecule has 42 heavy (non-hydrogen) atoms. The van der Waals surface area contributed by atoms with Gasteiger partial charge in [-0.2, -0.15) is 26.3 Å². The molecule has 0 aliphatic heterocycles. The predicted molar refractivity (Wildman–Crippen MR) is 167 cm³/mol. The van der Waals surface area contributed by atoms with Crippen molar-refractivity contribution in [2.45, 2.75) is 155 Å². The third-order valence-corrected chi connectivity index (χ3v) is 7.32. The molecule has 6 N–H and O–H groups in total. The summed E-state index contributed by atoms with van der Waals surface area (Å²) in [5, 5.41) is 15.8. The first kappa shape index (κ1) is 45.1. The maximum absolute atomic E-state index is 10.3. The van der Waals surface area contributed by atoms with Gasteiger partial charge in [0.1, 0.15) is 0 Å². The lowest BCUT2D eigenvalue weighted by Gasteiger charge is -2.02. The number of aliphatic carboxylic acids is 2. The van der Waals surface area contributed by atoms with Gasteiger partial charge >= 0.3 is 32.5 Å². The van der Waals surface area contributed by atoms with E-state index < -0.39 is 32.5 Å². The summed E-state index contributed by atoms with van der Waals surface area (Å²) in [6.07, 6.45) is 23.7. The number of hydrogen-bond acceptors (Lipinski definition) is 6. The normalized spacial score (nSPS) is 11.2. The van der Waals surface area contributed by atoms with Gasteiger partial charge in [-0.25, -0.2) is 0 Å². The van der Waals surface area contributed by atoms with Gasteiger partial charge in [-0.3, -0.25) is 18.7 Å². The third kappa shape index (κ3) is 54.7. The van der Waals surface area contributed by atoms with Gasteiger partial charge < -0.3 is 10.2 Å². The third-order valence-electron chi connectivity index (χ3n) is 6.18. The van der Waals surface area contributed by atoms with Crippen molar-refractivity contribution in [3.63, 3.8) is 0 Å². The summed E-state index contributed by atoms with van der Waals surface area (Å²) in [5.41, 5.74) is 0. The quantitative estimate of drug-likeness (QED) is 0.0419. The topological polar surface area (TPSA) is 207 Å². The van der Waals surface area contributed by atoms with Gasteiger partial charge in [-0.1, -0.05) is 129 Å². The van der Waals surface area contributed by atoms with Crippen molar-refractivity contribution in [2.24, 2.45) is 0 Å². The van der Waals surface area contributed by atoms with E-state index in [0.717, 1.165) is 38.5 Å². The molecule has 0 amide bonds. The van der Waals surface area contributed by atoms with E-state index in [-0.39, 0.29) is 12.8 Å². The lowest BCUT2D eigenvalue weighted by atomic mass is 10.1. The van der Waals surface area contributed by atoms with Crippen molar-refractivity contribution < 1.29 is 45.7 Å². The molecule has 0 saturated heterocycles. The molecule has 0 heterocycles. The fraction of sp³-hybridized carbons (Fsp3) is 0.929. The van der Waals surface area contributed by atoms with Crippen molar-refractivity contribution in [1.82, 2.24) is 9.44 Å². The minimum absolute atomic E-state index is 0.296. The van der Waals surface area contributed by atoms with Crippen LogP contribution in [0.1, 0.15) is 155 Å². The van der Waals surface area contributed by atoms with E-state index in [1.807, 2.05) is 0 Å². The molecule has 0 spiro atoms. The van der Waals surface area contributed by atoms with E-state index in [1.54, 1.807) is 0 Å². The van der Waals surface area contributed by atoms with Crippen LogP contribution in [0.3, 0.4) is 0 Å². The zero-order valence-corrected chi connectivity index (χ0v) is 27.7. The molecular weight excluding hydrogens is 588 g/mol. The molecule has 14 heteroatoms. The van der Waals surface area contributed by atoms with Crippen LogP contribution >= 0.6 is 0 Å². The highest BCUT2D eigenvalue weighted by Gasteiger charge is 2.02. The van der Waals surface area contributed by atoms with Gasteiger partial charge in [0.2, 0.25) is 0 Å². The van der Waals surface area contributed by atoms with E-state index in [4.69, 9.17) is 19.3 Å². The summed E-state index contributed by atoms with van der Waals surface area (Å²) in [4.78, 5) is 19.3. The van der Waals surface area contributed by atoms with Gasteiger partial charge in [-0.05, 0) is 12.8 Å². The average molecular weight is 649 g/mol. The van der Waals surface area contributed by atoms with Crippen molar-refractivity contribution >= 4 is 32.5 Å². The van der Waals surface area contributed by atoms with Crippen molar-refractivity contribution in [3.05, 3.63) is 0 Å². The molecule has 0 fully saturated rings. The number of rotatable bonds is 27. The van der Waals surface area contributed by atoms with Crippen LogP contribution in [0.2, 0.25) is 0 Å². The summed E-state index contributed by atoms with van der Waals surface area (Å²) in [6, 6.07) is 0. The van der Waals surface area contributed by atoms with Crippen LogP contribution in [0, 0.1) is 0 Å². The zero-order chi connectivity index (χ0) is 32.5. The Morgan fingerprint density at radius 2 is 0.667 bits per heavy atom. The summed E-state index contributed by atoms with van der Waals surface area (Å²) in [7, 11) is -7.97. The first-order chi connectivity index (χ1) is 19.7. The van der Waals surface area contributed by atoms with Crippen molar-refractivity contribution in [3.8, 4) is 0 Å². The van der Waals surface area contributed by atoms with Gasteiger partial charge in [0.15, 0.2) is 0 Å². The molecule has 0 saturated carbocycles. The second-order valence-electron chi connectivity index (χ2n) is 10.4. The SMILES string of the molecule is CCCCCCCCCCCCNS(=O)(=O)O.CCCCCCCCCCCCNS(=O)(=O)O.O=C(O)CCC(=O)O. The number of hydrogen-bond donors (Lipinski definition) is 6. The predicted octanol–water partition coefficient (Wildman–Crippen LogP) is 6.54. The van der Waals surface area contributed by atoms with Gasteiger partial charge in [-0.15, -0.1) is 0 Å². The maximum Gasteiger partial charge on any atom is 0.333 e. The van der Waals surface area contributed by atoms with Gasteiger partial charge in [0, 0.05) is 13.1 Å². The number of carbonyl (C=O) groups is 2. The first-order valence-corrected chi connectivity index (χ1v) is 18.5. The molecule has 12 nitrogen and oxygen atoms in total. The van der Waals surface area contributed by atoms with Crippen LogP contribution in [0.5, 0.6) is 0 Å². The van der Waals surface area contributed by atoms with Crippen LogP contribution in [-0.2, 0) is 30.2 Å². The molecule has 0 aromatic rings. The Morgan fingerprint density at radius 1 is 0.452 bits per heavy atom. The number of nitrogens with one attached hydrogen (secondary N) is 2. The molecule has 0 radical (unpaired) electrons. The van der Waals surface area contributed by atoms with Crippen LogP contribution in [-0.4, -0.2) is 61.2 Å². The Morgan fingerprint density at radius 3 is 0.857 bits per heavy atom. The minimum Gasteiger partial charge on any atom is -0.481 e. The molecule has 0 aliphatic carbocycles. The molecular formula is C28H60N2O10S2. The Hall–Kier alpha value is -1.32. The summed E-state index contributed by atoms with van der Waals surface area (Å²) in [5.74, 6) is -2.15. The fourth-order valence-electron chi connectivity index (χ4n) is 3.84. The lowest BCUT2D eigenvalue weighted by molar-refractivity contribution is -0.143. The largest absolute Gasteiger partial charge is 0.481 e. The van der Waals surface area contributed by atoms with Crippen LogP contribution < -0.4 is 9.44 Å². The van der Waals surface area contributed by atoms with Crippen LogP contribution in [0.15, 0.2) is 0 Å². The lowest BCUT2D eigenvalue weighted by Crippen LogP contribution is -2.23. The molecule has 0 aromatic heterocycles. The number of carboxylic acid groups (broad SMARTS) is 2. The molecule has 0 aliphatic rings. The molecule has 254 valence electrons. The first-order valence-electron chi connectivity index (χ1n) is 15.6. The summed E-state index contributed by atoms with van der Waals surface area (Å²) >= 11 is 0. The minimum atomic E-state index is -3.98. The highest BCUT2D eigenvalue weighted by atomic mass is 32.2. The summed E-state index contributed by atoms with van der Waals surface area (Å²) in [6.45, 7) is 5.13. The second kappa shape index (κ2) is 32.6. The van der Waals surface area contributed by atoms with E-state index in [2.05, 4.69) is 23.3 Å². The van der Waals surface area contributed by atoms with Crippen LogP contribution in [0.4, 0.5) is 0 Å². The van der Waals surface area contributed by atoms with Crippen molar-refractivity contribution in [2.75, 3.05) is 13.1 Å². The van der Waals surface area contributed by atoms with E-state index in [0.29, 0.717) is 13.1 Å². The standard InChI is InChI=1S/2C12H27NO3S.C4H6O4/c2*1-2-3-4-5-6-7-8-9-10-11-12-13-17(14,15)16;5-3(6)1-2-4(7)8/h2*13H,2-12H2,1H3,(H,14,15,16);1-2H2,(H,5,6)(H,7,8). The Labute approximate surface area is 255 Å². The second-order valence-corrected chi connectivity index (χ2v) is 12.9. The van der Waals surface area contributed by atoms with E-state index in [9.17, 15) is 26.4 Å². The Bertz CT molecular complexity index is 755. The summed E-state index contributed by atoms with van der Waals surface area (Å²) < 4.78 is 62.3. The molecule has 0 rings (SSSR count). The molecule has 0 bridgehead atoms. The monoisotopic (exact) mass is 648 g/mol. The highest BCUT2D eigenvalue weighted by Crippen LogP contribution is 2.11. The molecule has 0 aromatic carbocycles. The Kier molecular flexibility index (Phi) is 35.0. The zero-order valence-electron chi connectivity index (χ0n) is 26.0. The smallest absolute Gasteiger partial charge is 0.333 e. The highest BCUT2D eigenvalue weighted by molar-refractivity contribution is 7.84. The Balaban J connectivity index is -0.000000579. The van der Waals surface area contributed by atoms with Gasteiger partial charge in [0.05, 0.1) is 12.8 Å². The maximum atomic E-state index is 10.3. The molecule has 0 unspecified atom stereocenters. The van der Waals surface area contributed by atoms with Crippen molar-refractivity contribution in [1.29, 1.82) is 0 Å². The fourth-order valence-corrected chi connectivity index (χ4v) is 4.65. The van der Waals surface area contributed by atoms with E-state index in [1.165, 1.54) is 89.9 Å². The van der Waals surface area contributed by atoms with Gasteiger partial charge in [0.25, 0.3) is 0 Å². The van der Waals surface area contributed by atoms with E-state index >= 15 is 0 Å². The molecule has 0 atom stereocenters. The average Bonchev–Trinajstić information content (AvgIpc) is 2.89.